The van der Waals surface area contributed by atoms with Crippen LogP contribution in [0, 0.1) is 17.1 Å². The number of nitrogens with one attached hydrogen (secondary N) is 1. The Balaban J connectivity index is 2.08. The molecule has 2 aromatic carbocycles. The Morgan fingerprint density at radius 3 is 2.76 bits per heavy atom. The molecule has 0 bridgehead atoms. The van der Waals surface area contributed by atoms with Gasteiger partial charge in [0.25, 0.3) is 0 Å². The summed E-state index contributed by atoms with van der Waals surface area (Å²) in [5.74, 6) is 1.10. The molecule has 1 heterocycles. The second kappa shape index (κ2) is 6.95. The first-order chi connectivity index (χ1) is 12.0. The average molecular weight is 402 g/mol. The van der Waals surface area contributed by atoms with Gasteiger partial charge < -0.3 is 14.5 Å². The van der Waals surface area contributed by atoms with Gasteiger partial charge in [-0.15, -0.1) is 0 Å². The maximum Gasteiger partial charge on any atom is 0.174 e. The molecule has 3 rings (SSSR count). The maximum atomic E-state index is 13.3. The molecular weight excluding hydrogens is 389 g/mol. The highest BCUT2D eigenvalue weighted by Crippen LogP contribution is 2.37. The second-order valence-electron chi connectivity index (χ2n) is 5.15. The largest absolute Gasteiger partial charge is 0.493 e. The van der Waals surface area contributed by atoms with E-state index in [1.807, 2.05) is 0 Å². The minimum atomic E-state index is -0.367. The third-order valence-corrected chi connectivity index (χ3v) is 4.18. The molecule has 1 N–H and O–H groups in total. The summed E-state index contributed by atoms with van der Waals surface area (Å²) in [6.07, 6.45) is 1.67. The van der Waals surface area contributed by atoms with Crippen molar-refractivity contribution in [1.82, 2.24) is 9.97 Å². The Kier molecular flexibility index (Phi) is 4.72. The van der Waals surface area contributed by atoms with Crippen LogP contribution >= 0.6 is 15.9 Å². The van der Waals surface area contributed by atoms with Crippen molar-refractivity contribution in [3.05, 3.63) is 52.0 Å². The molecule has 0 radical (unpaired) electrons. The van der Waals surface area contributed by atoms with E-state index in [1.54, 1.807) is 31.4 Å². The number of aromatic nitrogens is 2. The highest BCUT2D eigenvalue weighted by molar-refractivity contribution is 9.10. The maximum absolute atomic E-state index is 13.3. The summed E-state index contributed by atoms with van der Waals surface area (Å²) in [4.78, 5) is 7.30. The summed E-state index contributed by atoms with van der Waals surface area (Å²) in [6, 6.07) is 9.90. The van der Waals surface area contributed by atoms with Gasteiger partial charge in [0.1, 0.15) is 17.7 Å². The fraction of sp³-hybridized carbons (Fsp3) is 0.111. The Labute approximate surface area is 151 Å². The number of methoxy groups -OCH3 is 2. The van der Waals surface area contributed by atoms with Crippen LogP contribution in [0.15, 0.2) is 34.8 Å². The summed E-state index contributed by atoms with van der Waals surface area (Å²) in [6.45, 7) is 0. The first kappa shape index (κ1) is 17.0. The lowest BCUT2D eigenvalue weighted by molar-refractivity contribution is 0.353. The van der Waals surface area contributed by atoms with E-state index in [9.17, 15) is 9.65 Å². The molecule has 0 fully saturated rings. The Hall–Kier alpha value is -2.85. The van der Waals surface area contributed by atoms with E-state index >= 15 is 0 Å². The van der Waals surface area contributed by atoms with Crippen LogP contribution in [0.3, 0.4) is 0 Å². The van der Waals surface area contributed by atoms with Crippen molar-refractivity contribution in [2.24, 2.45) is 0 Å². The minimum absolute atomic E-state index is 0.315. The fourth-order valence-electron chi connectivity index (χ4n) is 2.45. The molecule has 0 aliphatic carbocycles. The van der Waals surface area contributed by atoms with Crippen molar-refractivity contribution >= 4 is 38.6 Å². The van der Waals surface area contributed by atoms with Crippen LogP contribution in [-0.2, 0) is 0 Å². The zero-order valence-electron chi connectivity index (χ0n) is 13.4. The quantitative estimate of drug-likeness (QED) is 0.651. The Bertz CT molecular complexity index is 1020. The smallest absolute Gasteiger partial charge is 0.174 e. The van der Waals surface area contributed by atoms with Crippen LogP contribution < -0.4 is 9.47 Å². The third kappa shape index (κ3) is 3.35. The number of fused-ring (bicyclic) bond motifs is 1. The molecule has 0 aliphatic rings. The van der Waals surface area contributed by atoms with Gasteiger partial charge in [0.2, 0.25) is 0 Å². The topological polar surface area (TPSA) is 70.9 Å². The Morgan fingerprint density at radius 1 is 1.28 bits per heavy atom. The number of ether oxygens (including phenoxy) is 2. The van der Waals surface area contributed by atoms with Crippen molar-refractivity contribution in [2.75, 3.05) is 14.2 Å². The van der Waals surface area contributed by atoms with Gasteiger partial charge in [0, 0.05) is 0 Å². The van der Waals surface area contributed by atoms with E-state index in [0.717, 1.165) is 5.56 Å². The normalized spacial score (nSPS) is 11.4. The molecule has 25 heavy (non-hydrogen) atoms. The van der Waals surface area contributed by atoms with Gasteiger partial charge in [0.15, 0.2) is 11.5 Å². The van der Waals surface area contributed by atoms with Crippen LogP contribution in [0.1, 0.15) is 11.4 Å². The second-order valence-corrected chi connectivity index (χ2v) is 6.01. The summed E-state index contributed by atoms with van der Waals surface area (Å²) in [7, 11) is 3.09. The molecule has 0 saturated carbocycles. The van der Waals surface area contributed by atoms with Crippen molar-refractivity contribution in [2.45, 2.75) is 0 Å². The summed E-state index contributed by atoms with van der Waals surface area (Å²) in [5, 5.41) is 9.50. The number of nitrogens with zero attached hydrogens (tertiary/aromatic N) is 2. The third-order valence-electron chi connectivity index (χ3n) is 3.59. The van der Waals surface area contributed by atoms with E-state index < -0.39 is 0 Å². The molecule has 0 aliphatic heterocycles. The summed E-state index contributed by atoms with van der Waals surface area (Å²) in [5.41, 5.74) is 2.17. The lowest BCUT2D eigenvalue weighted by atomic mass is 10.1. The number of allylic oxidation sites excluding steroid dienone is 1. The van der Waals surface area contributed by atoms with Crippen molar-refractivity contribution < 1.29 is 13.9 Å². The van der Waals surface area contributed by atoms with Crippen LogP contribution in [0.2, 0.25) is 0 Å². The first-order valence-electron chi connectivity index (χ1n) is 7.24. The molecule has 0 unspecified atom stereocenters. The number of hydrogen-bond donors (Lipinski definition) is 1. The van der Waals surface area contributed by atoms with E-state index in [1.165, 1.54) is 19.2 Å². The van der Waals surface area contributed by atoms with Gasteiger partial charge >= 0.3 is 0 Å². The van der Waals surface area contributed by atoms with Crippen molar-refractivity contribution in [3.63, 3.8) is 0 Å². The van der Waals surface area contributed by atoms with Gasteiger partial charge in [-0.25, -0.2) is 9.37 Å². The Morgan fingerprint density at radius 2 is 2.08 bits per heavy atom. The molecule has 126 valence electrons. The van der Waals surface area contributed by atoms with Crippen molar-refractivity contribution in [1.29, 1.82) is 5.26 Å². The van der Waals surface area contributed by atoms with E-state index in [4.69, 9.17) is 9.47 Å². The molecular formula is C18H13BrFN3O2. The minimum Gasteiger partial charge on any atom is -0.493 e. The molecule has 1 aromatic heterocycles. The SMILES string of the molecule is COc1cc(/C=C(\C#N)c2nc3ccc(F)cc3[nH]2)cc(Br)c1OC. The summed E-state index contributed by atoms with van der Waals surface area (Å²) >= 11 is 3.42. The molecule has 0 atom stereocenters. The van der Waals surface area contributed by atoms with Crippen LogP contribution in [-0.4, -0.2) is 24.2 Å². The standard InChI is InChI=1S/C18H13BrFN3O2/c1-24-16-7-10(6-13(19)17(16)25-2)5-11(9-21)18-22-14-4-3-12(20)8-15(14)23-18/h3-8H,1-2H3,(H,22,23)/b11-5+. The lowest BCUT2D eigenvalue weighted by Crippen LogP contribution is -1.93. The lowest BCUT2D eigenvalue weighted by Gasteiger charge is -2.10. The number of H-pyrrole nitrogens is 1. The monoisotopic (exact) mass is 401 g/mol. The van der Waals surface area contributed by atoms with E-state index in [-0.39, 0.29) is 5.82 Å². The van der Waals surface area contributed by atoms with Gasteiger partial charge in [-0.2, -0.15) is 5.26 Å². The zero-order valence-corrected chi connectivity index (χ0v) is 15.0. The first-order valence-corrected chi connectivity index (χ1v) is 8.04. The number of aromatic amines is 1. The van der Waals surface area contributed by atoms with Crippen molar-refractivity contribution in [3.8, 4) is 17.6 Å². The predicted octanol–water partition coefficient (Wildman–Crippen LogP) is 4.55. The number of nitriles is 1. The molecule has 3 aromatic rings. The predicted molar refractivity (Wildman–Crippen MR) is 96.8 cm³/mol. The zero-order chi connectivity index (χ0) is 18.0. The fourth-order valence-corrected chi connectivity index (χ4v) is 3.07. The van der Waals surface area contributed by atoms with Gasteiger partial charge in [-0.3, -0.25) is 0 Å². The molecule has 0 spiro atoms. The van der Waals surface area contributed by atoms with Gasteiger partial charge in [0.05, 0.1) is 35.3 Å². The molecule has 0 saturated heterocycles. The number of hydrogen-bond acceptors (Lipinski definition) is 4. The van der Waals surface area contributed by atoms with Gasteiger partial charge in [-0.1, -0.05) is 0 Å². The average Bonchev–Trinajstić information content (AvgIpc) is 3.01. The van der Waals surface area contributed by atoms with E-state index in [2.05, 4.69) is 32.0 Å². The highest BCUT2D eigenvalue weighted by Gasteiger charge is 2.12. The number of rotatable bonds is 4. The number of imidazole rings is 1. The number of halogens is 2. The van der Waals surface area contributed by atoms with Crippen LogP contribution in [0.5, 0.6) is 11.5 Å². The molecule has 5 nitrogen and oxygen atoms in total. The number of benzene rings is 2. The molecule has 7 heteroatoms. The van der Waals surface area contributed by atoms with Crippen LogP contribution in [0.4, 0.5) is 4.39 Å². The summed E-state index contributed by atoms with van der Waals surface area (Å²) < 4.78 is 24.6. The van der Waals surface area contributed by atoms with Crippen LogP contribution in [0.25, 0.3) is 22.7 Å². The molecule has 0 amide bonds. The van der Waals surface area contributed by atoms with Gasteiger partial charge in [-0.05, 0) is 57.9 Å². The highest BCUT2D eigenvalue weighted by atomic mass is 79.9. The van der Waals surface area contributed by atoms with E-state index in [0.29, 0.717) is 38.4 Å².